The van der Waals surface area contributed by atoms with E-state index in [2.05, 4.69) is 49.7 Å². The van der Waals surface area contributed by atoms with Crippen LogP contribution in [0.15, 0.2) is 24.3 Å². The van der Waals surface area contributed by atoms with Crippen molar-refractivity contribution < 1.29 is 0 Å². The summed E-state index contributed by atoms with van der Waals surface area (Å²) in [4.78, 5) is 2.48. The number of likely N-dealkylation sites (N-methyl/N-ethyl adjacent to an activating group) is 1. The van der Waals surface area contributed by atoms with Crippen LogP contribution in [0.1, 0.15) is 38.3 Å². The van der Waals surface area contributed by atoms with Crippen LogP contribution < -0.4 is 5.73 Å². The molecule has 3 atom stereocenters. The first-order valence-electron chi connectivity index (χ1n) is 7.31. The molecule has 0 spiro atoms. The van der Waals surface area contributed by atoms with Crippen LogP contribution in [-0.4, -0.2) is 35.0 Å². The Morgan fingerprint density at radius 1 is 1.45 bits per heavy atom. The number of halogens is 1. The second-order valence-corrected chi connectivity index (χ2v) is 7.65. The van der Waals surface area contributed by atoms with Crippen molar-refractivity contribution in [3.05, 3.63) is 34.9 Å². The second kappa shape index (κ2) is 6.69. The first-order valence-corrected chi connectivity index (χ1v) is 8.74. The Morgan fingerprint density at radius 2 is 2.10 bits per heavy atom. The van der Waals surface area contributed by atoms with Gasteiger partial charge in [-0.15, -0.1) is 0 Å². The molecule has 0 radical (unpaired) electrons. The largest absolute Gasteiger partial charge is 0.329 e. The molecule has 2 rings (SSSR count). The second-order valence-electron chi connectivity index (χ2n) is 5.76. The van der Waals surface area contributed by atoms with E-state index in [0.717, 1.165) is 11.6 Å². The van der Waals surface area contributed by atoms with Gasteiger partial charge in [-0.3, -0.25) is 4.90 Å². The van der Waals surface area contributed by atoms with Crippen LogP contribution in [0.4, 0.5) is 0 Å². The maximum atomic E-state index is 6.19. The normalized spacial score (nSPS) is 28.6. The van der Waals surface area contributed by atoms with E-state index in [-0.39, 0.29) is 5.54 Å². The Balaban J connectivity index is 2.23. The van der Waals surface area contributed by atoms with Gasteiger partial charge in [0.1, 0.15) is 0 Å². The highest BCUT2D eigenvalue weighted by Crippen LogP contribution is 2.40. The van der Waals surface area contributed by atoms with Gasteiger partial charge in [0.05, 0.1) is 0 Å². The highest BCUT2D eigenvalue weighted by Gasteiger charge is 2.42. The number of nitrogens with two attached hydrogens (primary N) is 1. The molecule has 1 heterocycles. The van der Waals surface area contributed by atoms with E-state index in [4.69, 9.17) is 17.3 Å². The van der Waals surface area contributed by atoms with E-state index in [1.54, 1.807) is 0 Å². The van der Waals surface area contributed by atoms with Gasteiger partial charge < -0.3 is 5.73 Å². The molecule has 2 N–H and O–H groups in total. The van der Waals surface area contributed by atoms with Crippen LogP contribution in [0.25, 0.3) is 0 Å². The van der Waals surface area contributed by atoms with Gasteiger partial charge >= 0.3 is 0 Å². The molecule has 1 aromatic carbocycles. The minimum absolute atomic E-state index is 0.0992. The van der Waals surface area contributed by atoms with Crippen molar-refractivity contribution in [2.45, 2.75) is 43.5 Å². The molecule has 0 amide bonds. The molecular weight excluding hydrogens is 288 g/mol. The van der Waals surface area contributed by atoms with Crippen LogP contribution in [0.2, 0.25) is 5.02 Å². The summed E-state index contributed by atoms with van der Waals surface area (Å²) in [7, 11) is 2.22. The molecule has 0 saturated carbocycles. The molecule has 0 bridgehead atoms. The van der Waals surface area contributed by atoms with Gasteiger partial charge in [-0.25, -0.2) is 0 Å². The highest BCUT2D eigenvalue weighted by molar-refractivity contribution is 8.00. The van der Waals surface area contributed by atoms with E-state index in [1.165, 1.54) is 24.2 Å². The van der Waals surface area contributed by atoms with Crippen molar-refractivity contribution in [1.29, 1.82) is 0 Å². The van der Waals surface area contributed by atoms with E-state index in [1.807, 2.05) is 12.1 Å². The summed E-state index contributed by atoms with van der Waals surface area (Å²) in [6.07, 6.45) is 2.44. The zero-order chi connectivity index (χ0) is 14.8. The summed E-state index contributed by atoms with van der Waals surface area (Å²) in [5, 5.41) is 1.36. The standard InChI is InChI=1S/C16H25ClN2S/c1-12(14-5-7-15(17)8-6-14)19(3)16(11-18)9-4-10-20-13(16)2/h5-8,12-13H,4,9-11,18H2,1-3H3. The quantitative estimate of drug-likeness (QED) is 0.913. The maximum Gasteiger partial charge on any atom is 0.0450 e. The predicted molar refractivity (Wildman–Crippen MR) is 90.6 cm³/mol. The van der Waals surface area contributed by atoms with E-state index < -0.39 is 0 Å². The first kappa shape index (κ1) is 16.2. The van der Waals surface area contributed by atoms with Crippen LogP contribution in [-0.2, 0) is 0 Å². The summed E-state index contributed by atoms with van der Waals surface area (Å²) in [6.45, 7) is 5.30. The lowest BCUT2D eigenvalue weighted by atomic mass is 9.86. The highest BCUT2D eigenvalue weighted by atomic mass is 35.5. The molecule has 1 saturated heterocycles. The Hall–Kier alpha value is -0.220. The van der Waals surface area contributed by atoms with Crippen molar-refractivity contribution in [2.24, 2.45) is 5.73 Å². The smallest absolute Gasteiger partial charge is 0.0450 e. The fourth-order valence-electron chi connectivity index (χ4n) is 3.22. The van der Waals surface area contributed by atoms with Gasteiger partial charge in [-0.05, 0) is 50.3 Å². The minimum Gasteiger partial charge on any atom is -0.329 e. The van der Waals surface area contributed by atoms with Gasteiger partial charge in [-0.1, -0.05) is 30.7 Å². The monoisotopic (exact) mass is 312 g/mol. The third kappa shape index (κ3) is 3.01. The number of rotatable bonds is 4. The molecule has 1 aliphatic rings. The van der Waals surface area contributed by atoms with Crippen molar-refractivity contribution in [3.8, 4) is 0 Å². The Morgan fingerprint density at radius 3 is 2.65 bits per heavy atom. The number of hydrogen-bond acceptors (Lipinski definition) is 3. The lowest BCUT2D eigenvalue weighted by Crippen LogP contribution is -2.59. The summed E-state index contributed by atoms with van der Waals surface area (Å²) in [5.41, 5.74) is 7.59. The number of nitrogens with zero attached hydrogens (tertiary/aromatic N) is 1. The van der Waals surface area contributed by atoms with Crippen molar-refractivity contribution >= 4 is 23.4 Å². The summed E-state index contributed by atoms with van der Waals surface area (Å²) < 4.78 is 0. The van der Waals surface area contributed by atoms with E-state index >= 15 is 0 Å². The fourth-order valence-corrected chi connectivity index (χ4v) is 4.70. The Labute approximate surface area is 132 Å². The molecule has 112 valence electrons. The molecule has 2 nitrogen and oxygen atoms in total. The van der Waals surface area contributed by atoms with E-state index in [0.29, 0.717) is 11.3 Å². The summed E-state index contributed by atoms with van der Waals surface area (Å²) in [5.74, 6) is 1.26. The molecule has 1 aliphatic heterocycles. The van der Waals surface area contributed by atoms with E-state index in [9.17, 15) is 0 Å². The van der Waals surface area contributed by atoms with Gasteiger partial charge in [0, 0.05) is 28.4 Å². The molecule has 1 fully saturated rings. The van der Waals surface area contributed by atoms with Crippen molar-refractivity contribution in [3.63, 3.8) is 0 Å². The molecular formula is C16H25ClN2S. The van der Waals surface area contributed by atoms with Crippen molar-refractivity contribution in [1.82, 2.24) is 4.90 Å². The van der Waals surface area contributed by atoms with Gasteiger partial charge in [0.15, 0.2) is 0 Å². The number of hydrogen-bond donors (Lipinski definition) is 1. The Kier molecular flexibility index (Phi) is 5.41. The topological polar surface area (TPSA) is 29.3 Å². The molecule has 0 aromatic heterocycles. The fraction of sp³-hybridized carbons (Fsp3) is 0.625. The molecule has 1 aromatic rings. The molecule has 4 heteroatoms. The summed E-state index contributed by atoms with van der Waals surface area (Å²) in [6, 6.07) is 8.52. The molecule has 20 heavy (non-hydrogen) atoms. The number of thioether (sulfide) groups is 1. The predicted octanol–water partition coefficient (Wildman–Crippen LogP) is 3.95. The average Bonchev–Trinajstić information content (AvgIpc) is 2.47. The van der Waals surface area contributed by atoms with Crippen LogP contribution >= 0.6 is 23.4 Å². The van der Waals surface area contributed by atoms with Crippen molar-refractivity contribution in [2.75, 3.05) is 19.3 Å². The SMILES string of the molecule is CC(c1ccc(Cl)cc1)N(C)C1(CN)CCCSC1C. The summed E-state index contributed by atoms with van der Waals surface area (Å²) >= 11 is 8.04. The third-order valence-electron chi connectivity index (χ3n) is 4.87. The van der Waals surface area contributed by atoms with Gasteiger partial charge in [0.25, 0.3) is 0 Å². The molecule has 0 aliphatic carbocycles. The molecule has 3 unspecified atom stereocenters. The first-order chi connectivity index (χ1) is 9.51. The lowest BCUT2D eigenvalue weighted by Gasteiger charge is -2.50. The van der Waals surface area contributed by atoms with Crippen LogP contribution in [0.5, 0.6) is 0 Å². The third-order valence-corrected chi connectivity index (χ3v) is 6.58. The van der Waals surface area contributed by atoms with Gasteiger partial charge in [-0.2, -0.15) is 11.8 Å². The van der Waals surface area contributed by atoms with Gasteiger partial charge in [0.2, 0.25) is 0 Å². The lowest BCUT2D eigenvalue weighted by molar-refractivity contribution is 0.0729. The number of benzene rings is 1. The Bertz CT molecular complexity index is 437. The average molecular weight is 313 g/mol. The maximum absolute atomic E-state index is 6.19. The minimum atomic E-state index is 0.0992. The zero-order valence-corrected chi connectivity index (χ0v) is 14.2. The van der Waals surface area contributed by atoms with Crippen LogP contribution in [0, 0.1) is 0 Å². The van der Waals surface area contributed by atoms with Crippen LogP contribution in [0.3, 0.4) is 0 Å². The zero-order valence-electron chi connectivity index (χ0n) is 12.6.